The van der Waals surface area contributed by atoms with Gasteiger partial charge in [0.2, 0.25) is 0 Å². The summed E-state index contributed by atoms with van der Waals surface area (Å²) in [6.45, 7) is 4.91. The topological polar surface area (TPSA) is 73.6 Å². The number of hydrogen-bond donors (Lipinski definition) is 1. The van der Waals surface area contributed by atoms with Crippen LogP contribution < -0.4 is 0 Å². The molecule has 3 aliphatic rings. The fourth-order valence-corrected chi connectivity index (χ4v) is 8.35. The molecule has 3 aliphatic heterocycles. The van der Waals surface area contributed by atoms with Crippen LogP contribution in [0.2, 0.25) is 0 Å². The third kappa shape index (κ3) is 6.10. The predicted octanol–water partition coefficient (Wildman–Crippen LogP) is 5.66. The van der Waals surface area contributed by atoms with Crippen molar-refractivity contribution in [2.75, 3.05) is 32.7 Å². The second kappa shape index (κ2) is 8.20. The molecule has 3 saturated heterocycles. The zero-order valence-corrected chi connectivity index (χ0v) is 19.6. The molecule has 33 heavy (non-hydrogen) atoms. The van der Waals surface area contributed by atoms with Gasteiger partial charge in [0, 0.05) is 38.9 Å². The average molecular weight is 521 g/mol. The van der Waals surface area contributed by atoms with Gasteiger partial charge in [-0.3, -0.25) is 0 Å². The quantitative estimate of drug-likeness (QED) is 0.411. The molecule has 2 aromatic heterocycles. The summed E-state index contributed by atoms with van der Waals surface area (Å²) in [5.74, 6) is 0. The van der Waals surface area contributed by atoms with Crippen LogP contribution in [0.1, 0.15) is 44.7 Å². The van der Waals surface area contributed by atoms with Gasteiger partial charge in [-0.15, -0.1) is 14.4 Å². The summed E-state index contributed by atoms with van der Waals surface area (Å²) in [6.07, 6.45) is 8.62. The zero-order chi connectivity index (χ0) is 24.0. The van der Waals surface area contributed by atoms with E-state index in [9.17, 15) is 30.1 Å². The number of hydrogen-bond acceptors (Lipinski definition) is 7. The van der Waals surface area contributed by atoms with Crippen molar-refractivity contribution in [2.24, 2.45) is 0 Å². The summed E-state index contributed by atoms with van der Waals surface area (Å²) in [4.78, 5) is 16.7. The van der Waals surface area contributed by atoms with E-state index < -0.39 is 15.8 Å². The van der Waals surface area contributed by atoms with Crippen molar-refractivity contribution in [1.82, 2.24) is 34.0 Å². The maximum Gasteiger partial charge on any atom is 0.370 e. The van der Waals surface area contributed by atoms with E-state index in [0.29, 0.717) is 0 Å². The Labute approximate surface area is 187 Å². The first-order valence-corrected chi connectivity index (χ1v) is 14.5. The molecule has 2 aromatic rings. The molecule has 3 fully saturated rings. The summed E-state index contributed by atoms with van der Waals surface area (Å²) >= 11 is 0. The maximum absolute atomic E-state index is 12.2. The molecule has 0 spiro atoms. The Hall–Kier alpha value is -1.17. The summed E-state index contributed by atoms with van der Waals surface area (Å²) in [5, 5.41) is 8.73. The Bertz CT molecular complexity index is 952. The predicted molar refractivity (Wildman–Crippen MR) is 115 cm³/mol. The molecule has 1 atom stereocenters. The first kappa shape index (κ1) is 24.9. The van der Waals surface area contributed by atoms with E-state index in [1.165, 1.54) is 25.7 Å². The third-order valence-corrected chi connectivity index (χ3v) is 9.45. The summed E-state index contributed by atoms with van der Waals surface area (Å²) in [6, 6.07) is 3.85. The van der Waals surface area contributed by atoms with Crippen LogP contribution in [0, 0.1) is 0 Å². The molecule has 0 saturated carbocycles. The maximum atomic E-state index is 12.2. The fraction of sp³-hybridized carbons (Fsp3) is 0.706. The smallest absolute Gasteiger partial charge is 0.235 e. The number of rotatable bonds is 4. The van der Waals surface area contributed by atoms with Crippen molar-refractivity contribution in [2.45, 2.75) is 44.7 Å². The molecule has 0 radical (unpaired) electrons. The van der Waals surface area contributed by atoms with E-state index in [-0.39, 0.29) is 6.17 Å². The van der Waals surface area contributed by atoms with Crippen molar-refractivity contribution < 1.29 is 30.1 Å². The molecule has 1 N–H and O–H groups in total. The van der Waals surface area contributed by atoms with Crippen LogP contribution in [0.25, 0.3) is 11.2 Å². The van der Waals surface area contributed by atoms with Gasteiger partial charge in [0.05, 0.1) is 0 Å². The van der Waals surface area contributed by atoms with E-state index in [2.05, 4.69) is 29.3 Å². The van der Waals surface area contributed by atoms with E-state index in [1.54, 1.807) is 6.20 Å². The molecule has 8 nitrogen and oxygen atoms in total. The molecule has 5 rings (SSSR count). The second-order valence-corrected chi connectivity index (χ2v) is 13.1. The largest absolute Gasteiger partial charge is 0.370 e. The Kier molecular flexibility index (Phi) is 6.20. The average Bonchev–Trinajstić information content (AvgIpc) is 3.52. The zero-order valence-electron chi connectivity index (χ0n) is 17.8. The molecule has 0 bridgehead atoms. The summed E-state index contributed by atoms with van der Waals surface area (Å²) < 4.78 is 68.2. The van der Waals surface area contributed by atoms with Crippen LogP contribution in [-0.4, -0.2) is 71.6 Å². The van der Waals surface area contributed by atoms with Gasteiger partial charge >= 0.3 is 40.9 Å². The van der Waals surface area contributed by atoms with Crippen molar-refractivity contribution in [3.63, 3.8) is 0 Å². The minimum Gasteiger partial charge on any atom is -0.235 e. The first-order chi connectivity index (χ1) is 15.2. The van der Waals surface area contributed by atoms with Crippen LogP contribution in [0.15, 0.2) is 18.3 Å². The number of pyridine rings is 1. The van der Waals surface area contributed by atoms with Gasteiger partial charge in [-0.2, -0.15) is 4.89 Å². The molecular formula is C17H27F6N7OP2. The Morgan fingerprint density at radius 2 is 1.42 bits per heavy atom. The molecule has 0 aliphatic carbocycles. The van der Waals surface area contributed by atoms with Gasteiger partial charge < -0.3 is 0 Å². The van der Waals surface area contributed by atoms with Gasteiger partial charge in [0.25, 0.3) is 0 Å². The SMILES string of the molecule is F[P-](F)(F)(F)(F)F.O[P+](N1CCCC1)(N1CCCC1)N1CCCC1n1nnc2cccnc21. The van der Waals surface area contributed by atoms with Crippen LogP contribution in [0.5, 0.6) is 0 Å². The number of halogens is 6. The van der Waals surface area contributed by atoms with Crippen molar-refractivity contribution in [1.29, 1.82) is 0 Å². The standard InChI is InChI=1S/C17H27N7OP.F6P/c25-26(21-10-1-2-11-21,22-12-3-4-13-22)23-14-6-8-16(23)24-17-15(19-20-24)7-5-9-18-17;1-7(2,3,4,5)6/h5,7,9,16,25H,1-4,6,8,10-14H2;/q+1;-1. The fourth-order valence-electron chi connectivity index (χ4n) is 4.72. The van der Waals surface area contributed by atoms with Crippen LogP contribution in [0.3, 0.4) is 0 Å². The Balaban J connectivity index is 0.000000325. The minimum atomic E-state index is -10.7. The van der Waals surface area contributed by atoms with E-state index in [4.69, 9.17) is 0 Å². The normalized spacial score (nSPS) is 25.7. The van der Waals surface area contributed by atoms with Gasteiger partial charge in [-0.05, 0) is 50.7 Å². The van der Waals surface area contributed by atoms with Gasteiger partial charge in [-0.1, -0.05) is 9.88 Å². The Morgan fingerprint density at radius 1 is 0.879 bits per heavy atom. The molecular weight excluding hydrogens is 494 g/mol. The first-order valence-electron chi connectivity index (χ1n) is 10.9. The van der Waals surface area contributed by atoms with Crippen molar-refractivity contribution in [3.05, 3.63) is 18.3 Å². The van der Waals surface area contributed by atoms with E-state index in [0.717, 1.165) is 56.7 Å². The van der Waals surface area contributed by atoms with Crippen molar-refractivity contribution in [3.8, 4) is 0 Å². The van der Waals surface area contributed by atoms with Crippen LogP contribution in [-0.2, 0) is 0 Å². The number of aromatic nitrogens is 4. The minimum absolute atomic E-state index is 0.0365. The van der Waals surface area contributed by atoms with Crippen LogP contribution >= 0.6 is 15.8 Å². The molecule has 188 valence electrons. The van der Waals surface area contributed by atoms with Crippen LogP contribution in [0.4, 0.5) is 25.2 Å². The molecule has 0 aromatic carbocycles. The molecule has 5 heterocycles. The monoisotopic (exact) mass is 521 g/mol. The molecule has 0 amide bonds. The number of nitrogens with zero attached hydrogens (tertiary/aromatic N) is 7. The van der Waals surface area contributed by atoms with Gasteiger partial charge in [0.1, 0.15) is 11.7 Å². The second-order valence-electron chi connectivity index (χ2n) is 8.48. The van der Waals surface area contributed by atoms with Gasteiger partial charge in [-0.25, -0.2) is 9.67 Å². The Morgan fingerprint density at radius 3 is 1.97 bits per heavy atom. The van der Waals surface area contributed by atoms with E-state index >= 15 is 0 Å². The van der Waals surface area contributed by atoms with Gasteiger partial charge in [0.15, 0.2) is 5.65 Å². The third-order valence-electron chi connectivity index (χ3n) is 5.98. The summed E-state index contributed by atoms with van der Waals surface area (Å²) in [7, 11) is -13.2. The van der Waals surface area contributed by atoms with E-state index in [1.807, 2.05) is 16.8 Å². The molecule has 16 heteroatoms. The molecule has 1 unspecified atom stereocenters. The summed E-state index contributed by atoms with van der Waals surface area (Å²) in [5.41, 5.74) is 1.64. The number of fused-ring (bicyclic) bond motifs is 1. The van der Waals surface area contributed by atoms with Crippen molar-refractivity contribution >= 4 is 26.9 Å².